The van der Waals surface area contributed by atoms with Crippen LogP contribution in [-0.4, -0.2) is 58.3 Å². The van der Waals surface area contributed by atoms with E-state index >= 15 is 0 Å². The molecule has 0 radical (unpaired) electrons. The molecule has 2 aliphatic carbocycles. The number of nitrogens with zero attached hydrogens (tertiary/aromatic N) is 4. The minimum atomic E-state index is -0.608. The first-order valence-corrected chi connectivity index (χ1v) is 12.9. The Balaban J connectivity index is 1.34. The largest absolute Gasteiger partial charge is 0.354 e. The molecule has 2 amide bonds. The number of rotatable bonds is 8. The maximum absolute atomic E-state index is 13.7. The van der Waals surface area contributed by atoms with Gasteiger partial charge in [0.1, 0.15) is 17.6 Å². The fraction of sp³-hybridized carbons (Fsp3) is 0.615. The highest BCUT2D eigenvalue weighted by Gasteiger charge is 2.54. The molecule has 2 aromatic heterocycles. The first-order valence-electron chi connectivity index (χ1n) is 12.9. The van der Waals surface area contributed by atoms with Crippen molar-refractivity contribution in [3.8, 4) is 0 Å². The lowest BCUT2D eigenvalue weighted by atomic mass is 9.66. The molecule has 5 rings (SSSR count). The number of carbonyl (C=O) groups is 2. The van der Waals surface area contributed by atoms with Gasteiger partial charge in [0, 0.05) is 38.9 Å². The van der Waals surface area contributed by atoms with Crippen molar-refractivity contribution in [2.45, 2.75) is 58.0 Å². The van der Waals surface area contributed by atoms with Gasteiger partial charge in [0.05, 0.1) is 11.9 Å². The zero-order chi connectivity index (χ0) is 24.6. The van der Waals surface area contributed by atoms with E-state index in [2.05, 4.69) is 44.8 Å². The van der Waals surface area contributed by atoms with E-state index in [0.717, 1.165) is 51.1 Å². The van der Waals surface area contributed by atoms with Crippen molar-refractivity contribution in [3.63, 3.8) is 0 Å². The zero-order valence-corrected chi connectivity index (χ0v) is 21.0. The second-order valence-corrected chi connectivity index (χ2v) is 10.9. The average Bonchev–Trinajstić information content (AvgIpc) is 3.40. The van der Waals surface area contributed by atoms with Crippen LogP contribution in [0.2, 0.25) is 0 Å². The predicted octanol–water partition coefficient (Wildman–Crippen LogP) is 2.57. The number of nitrogens with one attached hydrogen (secondary N) is 3. The van der Waals surface area contributed by atoms with Crippen molar-refractivity contribution in [1.82, 2.24) is 25.4 Å². The van der Waals surface area contributed by atoms with Crippen molar-refractivity contribution in [1.29, 1.82) is 0 Å². The van der Waals surface area contributed by atoms with Gasteiger partial charge in [-0.1, -0.05) is 26.2 Å². The van der Waals surface area contributed by atoms with Gasteiger partial charge in [0.25, 0.3) is 5.91 Å². The van der Waals surface area contributed by atoms with E-state index in [1.165, 1.54) is 6.42 Å². The van der Waals surface area contributed by atoms with Crippen molar-refractivity contribution in [2.75, 3.05) is 29.9 Å². The smallest absolute Gasteiger partial charge is 0.270 e. The molecular formula is C26H37N7O2. The van der Waals surface area contributed by atoms with Gasteiger partial charge < -0.3 is 20.9 Å². The van der Waals surface area contributed by atoms with E-state index in [0.29, 0.717) is 23.3 Å². The molecular weight excluding hydrogens is 442 g/mol. The van der Waals surface area contributed by atoms with Crippen LogP contribution in [0.3, 0.4) is 0 Å². The molecule has 3 atom stereocenters. The van der Waals surface area contributed by atoms with E-state index in [1.54, 1.807) is 30.2 Å². The molecule has 35 heavy (non-hydrogen) atoms. The topological polar surface area (TPSA) is 104 Å². The molecule has 3 N–H and O–H groups in total. The molecule has 2 saturated carbocycles. The zero-order valence-electron chi connectivity index (χ0n) is 21.0. The SMILES string of the molecule is C[C@@H]1CN(c2ccc(NC(=O)C(NC(=O)c3ccnn3C)C(C3CCC3)C3(C)CC3)cn2)CCN1. The van der Waals surface area contributed by atoms with E-state index in [-0.39, 0.29) is 23.1 Å². The summed E-state index contributed by atoms with van der Waals surface area (Å²) >= 11 is 0. The van der Waals surface area contributed by atoms with Gasteiger partial charge in [-0.3, -0.25) is 14.3 Å². The monoisotopic (exact) mass is 479 g/mol. The van der Waals surface area contributed by atoms with Gasteiger partial charge in [-0.05, 0) is 55.2 Å². The van der Waals surface area contributed by atoms with Crippen LogP contribution in [0.15, 0.2) is 30.6 Å². The van der Waals surface area contributed by atoms with Gasteiger partial charge in [0.15, 0.2) is 0 Å². The number of carbonyl (C=O) groups excluding carboxylic acids is 2. The van der Waals surface area contributed by atoms with Crippen LogP contribution in [-0.2, 0) is 11.8 Å². The molecule has 2 aromatic rings. The molecule has 2 unspecified atom stereocenters. The summed E-state index contributed by atoms with van der Waals surface area (Å²) in [5.74, 6) is 1.05. The molecule has 0 spiro atoms. The summed E-state index contributed by atoms with van der Waals surface area (Å²) in [6.45, 7) is 7.17. The molecule has 0 bridgehead atoms. The van der Waals surface area contributed by atoms with Crippen molar-refractivity contribution < 1.29 is 9.59 Å². The highest BCUT2D eigenvalue weighted by molar-refractivity contribution is 6.00. The highest BCUT2D eigenvalue weighted by Crippen LogP contribution is 2.58. The molecule has 9 nitrogen and oxygen atoms in total. The van der Waals surface area contributed by atoms with Crippen molar-refractivity contribution >= 4 is 23.3 Å². The molecule has 3 heterocycles. The molecule has 188 valence electrons. The third-order valence-electron chi connectivity index (χ3n) is 8.19. The van der Waals surface area contributed by atoms with Crippen molar-refractivity contribution in [3.05, 3.63) is 36.3 Å². The molecule has 0 aromatic carbocycles. The lowest BCUT2D eigenvalue weighted by Gasteiger charge is -2.42. The Labute approximate surface area is 207 Å². The fourth-order valence-electron chi connectivity index (χ4n) is 5.71. The third-order valence-corrected chi connectivity index (χ3v) is 8.19. The summed E-state index contributed by atoms with van der Waals surface area (Å²) in [5.41, 5.74) is 1.19. The highest BCUT2D eigenvalue weighted by atomic mass is 16.2. The Kier molecular flexibility index (Phi) is 6.53. The van der Waals surface area contributed by atoms with Gasteiger partial charge >= 0.3 is 0 Å². The Bertz CT molecular complexity index is 1060. The first-order chi connectivity index (χ1) is 16.8. The fourth-order valence-corrected chi connectivity index (χ4v) is 5.71. The van der Waals surface area contributed by atoms with Crippen LogP contribution in [0, 0.1) is 17.3 Å². The quantitative estimate of drug-likeness (QED) is 0.538. The summed E-state index contributed by atoms with van der Waals surface area (Å²) in [6, 6.07) is 5.36. The predicted molar refractivity (Wildman–Crippen MR) is 135 cm³/mol. The number of aryl methyl sites for hydroxylation is 1. The second kappa shape index (κ2) is 9.60. The molecule has 3 fully saturated rings. The molecule has 9 heteroatoms. The first kappa shape index (κ1) is 23.8. The number of aromatic nitrogens is 3. The maximum Gasteiger partial charge on any atom is 0.270 e. The number of hydrogen-bond donors (Lipinski definition) is 3. The minimum Gasteiger partial charge on any atom is -0.354 e. The van der Waals surface area contributed by atoms with Crippen molar-refractivity contribution in [2.24, 2.45) is 24.3 Å². The lowest BCUT2D eigenvalue weighted by Crippen LogP contribution is -2.54. The Morgan fingerprint density at radius 1 is 1.23 bits per heavy atom. The van der Waals surface area contributed by atoms with Crippen LogP contribution in [0.1, 0.15) is 56.4 Å². The van der Waals surface area contributed by atoms with E-state index in [1.807, 2.05) is 12.1 Å². The van der Waals surface area contributed by atoms with Crippen LogP contribution in [0.4, 0.5) is 11.5 Å². The van der Waals surface area contributed by atoms with Gasteiger partial charge in [0.2, 0.25) is 5.91 Å². The Morgan fingerprint density at radius 3 is 2.60 bits per heavy atom. The summed E-state index contributed by atoms with van der Waals surface area (Å²) < 4.78 is 1.54. The number of hydrogen-bond acceptors (Lipinski definition) is 6. The normalized spacial score (nSPS) is 23.2. The standard InChI is InChI=1S/C26H37N7O2/c1-17-16-33(14-13-27-17)21-8-7-19(15-28-21)30-25(35)23(31-24(34)20-9-12-29-32(20)3)22(18-5-4-6-18)26(2)10-11-26/h7-9,12,15,17-18,22-23,27H,4-6,10-11,13-14,16H2,1-3H3,(H,30,35)(H,31,34)/t17-,22?,23?/m1/s1. The third kappa shape index (κ3) is 5.05. The van der Waals surface area contributed by atoms with Gasteiger partial charge in [-0.15, -0.1) is 0 Å². The Hall–Kier alpha value is -2.94. The average molecular weight is 480 g/mol. The number of anilines is 2. The number of amides is 2. The molecule has 3 aliphatic rings. The minimum absolute atomic E-state index is 0.0912. The number of pyridine rings is 1. The molecule has 1 saturated heterocycles. The van der Waals surface area contributed by atoms with E-state index in [4.69, 9.17) is 0 Å². The van der Waals surface area contributed by atoms with E-state index < -0.39 is 6.04 Å². The summed E-state index contributed by atoms with van der Waals surface area (Å²) in [5, 5.41) is 13.7. The van der Waals surface area contributed by atoms with E-state index in [9.17, 15) is 9.59 Å². The summed E-state index contributed by atoms with van der Waals surface area (Å²) in [7, 11) is 1.74. The Morgan fingerprint density at radius 2 is 2.03 bits per heavy atom. The van der Waals surface area contributed by atoms with Crippen LogP contribution >= 0.6 is 0 Å². The number of piperazine rings is 1. The van der Waals surface area contributed by atoms with Crippen LogP contribution in [0.25, 0.3) is 0 Å². The van der Waals surface area contributed by atoms with Crippen LogP contribution in [0.5, 0.6) is 0 Å². The lowest BCUT2D eigenvalue weighted by molar-refractivity contribution is -0.121. The van der Waals surface area contributed by atoms with Gasteiger partial charge in [-0.25, -0.2) is 4.98 Å². The summed E-state index contributed by atoms with van der Waals surface area (Å²) in [6.07, 6.45) is 8.93. The molecule has 1 aliphatic heterocycles. The maximum atomic E-state index is 13.7. The second-order valence-electron chi connectivity index (χ2n) is 10.9. The van der Waals surface area contributed by atoms with Crippen LogP contribution < -0.4 is 20.9 Å². The van der Waals surface area contributed by atoms with Gasteiger partial charge in [-0.2, -0.15) is 5.10 Å². The summed E-state index contributed by atoms with van der Waals surface area (Å²) in [4.78, 5) is 33.7.